The third-order valence-corrected chi connectivity index (χ3v) is 5.10. The third-order valence-electron chi connectivity index (χ3n) is 5.10. The molecule has 0 N–H and O–H groups in total. The van der Waals surface area contributed by atoms with Gasteiger partial charge in [0.25, 0.3) is 0 Å². The van der Waals surface area contributed by atoms with E-state index < -0.39 is 0 Å². The Morgan fingerprint density at radius 3 is 2.76 bits per heavy atom. The Kier molecular flexibility index (Phi) is 4.63. The lowest BCUT2D eigenvalue weighted by atomic mass is 9.88. The fourth-order valence-electron chi connectivity index (χ4n) is 3.71. The molecule has 2 aliphatic heterocycles. The Labute approximate surface area is 148 Å². The van der Waals surface area contributed by atoms with Crippen molar-refractivity contribution in [3.63, 3.8) is 0 Å². The van der Waals surface area contributed by atoms with Crippen molar-refractivity contribution in [1.29, 1.82) is 0 Å². The van der Waals surface area contributed by atoms with Crippen LogP contribution in [0, 0.1) is 6.92 Å². The highest BCUT2D eigenvalue weighted by Gasteiger charge is 2.43. The van der Waals surface area contributed by atoms with Gasteiger partial charge in [0.1, 0.15) is 0 Å². The topological polar surface area (TPSA) is 60.4 Å². The molecule has 132 valence electrons. The summed E-state index contributed by atoms with van der Waals surface area (Å²) < 4.78 is 12.2. The minimum atomic E-state index is -0.0457. The maximum atomic E-state index is 6.18. The number of rotatable bonds is 4. The smallest absolute Gasteiger partial charge is 0.225 e. The van der Waals surface area contributed by atoms with Crippen molar-refractivity contribution in [2.75, 3.05) is 24.6 Å². The summed E-state index contributed by atoms with van der Waals surface area (Å²) in [6.45, 7) is 5.08. The van der Waals surface area contributed by atoms with Gasteiger partial charge < -0.3 is 14.4 Å². The van der Waals surface area contributed by atoms with Crippen LogP contribution in [0.5, 0.6) is 0 Å². The molecule has 2 aromatic heterocycles. The molecule has 0 amide bonds. The average Bonchev–Trinajstić information content (AvgIpc) is 3.04. The normalized spacial score (nSPS) is 22.4. The Morgan fingerprint density at radius 2 is 2.00 bits per heavy atom. The van der Waals surface area contributed by atoms with Gasteiger partial charge in [-0.2, -0.15) is 0 Å². The van der Waals surface area contributed by atoms with E-state index in [0.29, 0.717) is 13.2 Å². The van der Waals surface area contributed by atoms with E-state index >= 15 is 0 Å². The van der Waals surface area contributed by atoms with Crippen LogP contribution >= 0.6 is 0 Å². The highest BCUT2D eigenvalue weighted by atomic mass is 16.6. The monoisotopic (exact) mass is 340 g/mol. The van der Waals surface area contributed by atoms with E-state index in [1.165, 1.54) is 0 Å². The molecule has 0 bridgehead atoms. The van der Waals surface area contributed by atoms with Crippen LogP contribution in [0.2, 0.25) is 0 Å². The molecule has 25 heavy (non-hydrogen) atoms. The second-order valence-electron chi connectivity index (χ2n) is 6.94. The molecule has 4 heterocycles. The van der Waals surface area contributed by atoms with E-state index in [1.54, 1.807) is 12.4 Å². The molecule has 0 saturated carbocycles. The molecule has 0 aromatic carbocycles. The molecule has 2 aromatic rings. The predicted molar refractivity (Wildman–Crippen MR) is 94.3 cm³/mol. The van der Waals surface area contributed by atoms with Gasteiger partial charge in [-0.05, 0) is 38.0 Å². The number of piperidine rings is 1. The molecule has 1 atom stereocenters. The van der Waals surface area contributed by atoms with Crippen LogP contribution in [0.3, 0.4) is 0 Å². The second kappa shape index (κ2) is 7.06. The number of pyridine rings is 1. The van der Waals surface area contributed by atoms with Crippen LogP contribution in [-0.2, 0) is 16.1 Å². The molecule has 2 fully saturated rings. The molecule has 0 radical (unpaired) electrons. The molecular formula is C19H24N4O2. The summed E-state index contributed by atoms with van der Waals surface area (Å²) in [5.74, 6) is 0.814. The minimum Gasteiger partial charge on any atom is -0.372 e. The van der Waals surface area contributed by atoms with Gasteiger partial charge in [0.15, 0.2) is 0 Å². The fraction of sp³-hybridized carbons (Fsp3) is 0.526. The van der Waals surface area contributed by atoms with Crippen LogP contribution in [0.25, 0.3) is 0 Å². The molecule has 0 unspecified atom stereocenters. The average molecular weight is 340 g/mol. The zero-order valence-corrected chi connectivity index (χ0v) is 14.6. The first-order chi connectivity index (χ1) is 12.2. The van der Waals surface area contributed by atoms with Crippen LogP contribution < -0.4 is 4.90 Å². The number of anilines is 1. The van der Waals surface area contributed by atoms with Gasteiger partial charge in [0.2, 0.25) is 5.95 Å². The highest BCUT2D eigenvalue weighted by Crippen LogP contribution is 2.37. The van der Waals surface area contributed by atoms with E-state index in [1.807, 2.05) is 31.2 Å². The van der Waals surface area contributed by atoms with Gasteiger partial charge in [-0.1, -0.05) is 6.07 Å². The van der Waals surface area contributed by atoms with Gasteiger partial charge in [-0.15, -0.1) is 0 Å². The SMILES string of the molecule is Cc1cccc(CO[C@H]2COC3(CCN(c4ncccn4)CC3)C2)n1. The van der Waals surface area contributed by atoms with E-state index in [4.69, 9.17) is 9.47 Å². The molecule has 0 aliphatic carbocycles. The summed E-state index contributed by atoms with van der Waals surface area (Å²) in [6.07, 6.45) is 6.69. The standard InChI is InChI=1S/C19H24N4O2/c1-15-4-2-5-16(22-15)13-24-17-12-19(25-14-17)6-10-23(11-7-19)18-20-8-3-9-21-18/h2-5,8-9,17H,6-7,10-14H2,1H3/t17-/m1/s1. The Hall–Kier alpha value is -2.05. The van der Waals surface area contributed by atoms with Gasteiger partial charge in [0, 0.05) is 37.6 Å². The maximum Gasteiger partial charge on any atom is 0.225 e. The first-order valence-electron chi connectivity index (χ1n) is 8.93. The Balaban J connectivity index is 1.29. The number of ether oxygens (including phenoxy) is 2. The summed E-state index contributed by atoms with van der Waals surface area (Å²) in [5.41, 5.74) is 1.96. The first kappa shape index (κ1) is 16.4. The summed E-state index contributed by atoms with van der Waals surface area (Å²) in [6, 6.07) is 7.88. The quantitative estimate of drug-likeness (QED) is 0.852. The molecule has 2 aliphatic rings. The maximum absolute atomic E-state index is 6.18. The third kappa shape index (κ3) is 3.80. The van der Waals surface area contributed by atoms with Crippen molar-refractivity contribution in [3.05, 3.63) is 48.0 Å². The summed E-state index contributed by atoms with van der Waals surface area (Å²) >= 11 is 0. The number of hydrogen-bond donors (Lipinski definition) is 0. The lowest BCUT2D eigenvalue weighted by Crippen LogP contribution is -2.45. The van der Waals surface area contributed by atoms with Crippen LogP contribution in [-0.4, -0.2) is 46.4 Å². The van der Waals surface area contributed by atoms with Gasteiger partial charge >= 0.3 is 0 Å². The predicted octanol–water partition coefficient (Wildman–Crippen LogP) is 2.52. The van der Waals surface area contributed by atoms with Crippen molar-refractivity contribution >= 4 is 5.95 Å². The first-order valence-corrected chi connectivity index (χ1v) is 8.93. The van der Waals surface area contributed by atoms with Crippen molar-refractivity contribution < 1.29 is 9.47 Å². The molecule has 1 spiro atoms. The summed E-state index contributed by atoms with van der Waals surface area (Å²) in [4.78, 5) is 15.4. The van der Waals surface area contributed by atoms with Crippen molar-refractivity contribution in [2.45, 2.75) is 44.5 Å². The number of hydrogen-bond acceptors (Lipinski definition) is 6. The van der Waals surface area contributed by atoms with Crippen molar-refractivity contribution in [1.82, 2.24) is 15.0 Å². The van der Waals surface area contributed by atoms with E-state index in [2.05, 4.69) is 19.9 Å². The zero-order valence-electron chi connectivity index (χ0n) is 14.6. The highest BCUT2D eigenvalue weighted by molar-refractivity contribution is 5.29. The van der Waals surface area contributed by atoms with Gasteiger partial charge in [0.05, 0.1) is 30.6 Å². The molecule has 2 saturated heterocycles. The molecule has 6 heteroatoms. The van der Waals surface area contributed by atoms with Crippen LogP contribution in [0.15, 0.2) is 36.7 Å². The largest absolute Gasteiger partial charge is 0.372 e. The summed E-state index contributed by atoms with van der Waals surface area (Å²) in [5, 5.41) is 0. The number of nitrogens with zero attached hydrogens (tertiary/aromatic N) is 4. The Morgan fingerprint density at radius 1 is 1.20 bits per heavy atom. The van der Waals surface area contributed by atoms with Crippen molar-refractivity contribution in [2.24, 2.45) is 0 Å². The number of aryl methyl sites for hydroxylation is 1. The molecular weight excluding hydrogens is 316 g/mol. The van der Waals surface area contributed by atoms with Crippen LogP contribution in [0.4, 0.5) is 5.95 Å². The number of aromatic nitrogens is 3. The lowest BCUT2D eigenvalue weighted by molar-refractivity contribution is -0.0206. The van der Waals surface area contributed by atoms with E-state index in [9.17, 15) is 0 Å². The van der Waals surface area contributed by atoms with E-state index in [-0.39, 0.29) is 11.7 Å². The molecule has 4 rings (SSSR count). The van der Waals surface area contributed by atoms with Gasteiger partial charge in [-0.25, -0.2) is 9.97 Å². The van der Waals surface area contributed by atoms with Crippen molar-refractivity contribution in [3.8, 4) is 0 Å². The lowest BCUT2D eigenvalue weighted by Gasteiger charge is -2.38. The van der Waals surface area contributed by atoms with E-state index in [0.717, 1.165) is 49.7 Å². The second-order valence-corrected chi connectivity index (χ2v) is 6.94. The zero-order chi connectivity index (χ0) is 17.1. The Bertz CT molecular complexity index is 702. The van der Waals surface area contributed by atoms with Gasteiger partial charge in [-0.3, -0.25) is 4.98 Å². The minimum absolute atomic E-state index is 0.0457. The fourth-order valence-corrected chi connectivity index (χ4v) is 3.71. The molecule has 6 nitrogen and oxygen atoms in total. The van der Waals surface area contributed by atoms with Crippen LogP contribution in [0.1, 0.15) is 30.7 Å². The summed E-state index contributed by atoms with van der Waals surface area (Å²) in [7, 11) is 0.